The maximum Gasteiger partial charge on any atom is 0.0976 e. The largest absolute Gasteiger partial charge is 0.337 e. The van der Waals surface area contributed by atoms with E-state index in [1.807, 2.05) is 29.1 Å². The molecule has 12 heavy (non-hydrogen) atoms. The van der Waals surface area contributed by atoms with Gasteiger partial charge in [-0.25, -0.2) is 0 Å². The van der Waals surface area contributed by atoms with Gasteiger partial charge in [-0.2, -0.15) is 0 Å². The molecule has 1 saturated heterocycles. The van der Waals surface area contributed by atoms with Gasteiger partial charge in [-0.1, -0.05) is 0 Å². The highest BCUT2D eigenvalue weighted by atomic mass is 15.2. The van der Waals surface area contributed by atoms with Crippen molar-refractivity contribution in [1.29, 1.82) is 0 Å². The van der Waals surface area contributed by atoms with Crippen LogP contribution in [0.4, 0.5) is 0 Å². The lowest BCUT2D eigenvalue weighted by atomic mass is 10.2. The van der Waals surface area contributed by atoms with Crippen molar-refractivity contribution in [1.82, 2.24) is 15.2 Å². The lowest BCUT2D eigenvalue weighted by Gasteiger charge is -2.20. The van der Waals surface area contributed by atoms with Crippen LogP contribution in [0.2, 0.25) is 0 Å². The van der Waals surface area contributed by atoms with Crippen molar-refractivity contribution >= 4 is 0 Å². The van der Waals surface area contributed by atoms with Crippen molar-refractivity contribution in [2.45, 2.75) is 12.2 Å². The smallest absolute Gasteiger partial charge is 0.0976 e. The molecule has 0 aromatic carbocycles. The van der Waals surface area contributed by atoms with Crippen molar-refractivity contribution in [2.24, 2.45) is 5.73 Å². The Balaban J connectivity index is 2.04. The number of nitrogens with one attached hydrogen (secondary N) is 2. The van der Waals surface area contributed by atoms with E-state index in [4.69, 9.17) is 5.73 Å². The fraction of sp³-hybridized carbons (Fsp3) is 0.500. The molecule has 4 N–H and O–H groups in total. The zero-order valence-electron chi connectivity index (χ0n) is 6.90. The van der Waals surface area contributed by atoms with E-state index in [1.54, 1.807) is 0 Å². The number of hydrogen-bond acceptors (Lipinski definition) is 3. The fourth-order valence-electron chi connectivity index (χ4n) is 1.50. The molecule has 1 aromatic rings. The molecule has 0 aliphatic carbocycles. The molecule has 0 spiro atoms. The van der Waals surface area contributed by atoms with Crippen molar-refractivity contribution in [3.63, 3.8) is 0 Å². The van der Waals surface area contributed by atoms with Gasteiger partial charge in [-0.3, -0.25) is 5.32 Å². The quantitative estimate of drug-likeness (QED) is 0.553. The molecule has 4 nitrogen and oxygen atoms in total. The molecule has 0 amide bonds. The Morgan fingerprint density at radius 3 is 2.75 bits per heavy atom. The first-order valence-electron chi connectivity index (χ1n) is 4.20. The Hall–Kier alpha value is -0.840. The molecular weight excluding hydrogens is 152 g/mol. The highest BCUT2D eigenvalue weighted by Gasteiger charge is 2.21. The number of nitrogens with zero attached hydrogens (tertiary/aromatic N) is 1. The summed E-state index contributed by atoms with van der Waals surface area (Å²) in [5, 5.41) is 6.50. The Bertz CT molecular complexity index is 225. The molecule has 2 heterocycles. The summed E-state index contributed by atoms with van der Waals surface area (Å²) in [7, 11) is 0. The molecular formula is C8H14N4. The third kappa shape index (κ3) is 1.36. The maximum atomic E-state index is 6.01. The average molecular weight is 166 g/mol. The fourth-order valence-corrected chi connectivity index (χ4v) is 1.50. The zero-order valence-corrected chi connectivity index (χ0v) is 6.90. The van der Waals surface area contributed by atoms with Gasteiger partial charge in [0.15, 0.2) is 0 Å². The van der Waals surface area contributed by atoms with Crippen molar-refractivity contribution in [2.75, 3.05) is 13.2 Å². The number of aromatic nitrogens is 1. The van der Waals surface area contributed by atoms with E-state index in [9.17, 15) is 0 Å². The first-order chi connectivity index (χ1) is 5.88. The minimum atomic E-state index is 0.0370. The number of hydrogen-bond donors (Lipinski definition) is 3. The normalized spacial score (nSPS) is 25.9. The molecule has 0 radical (unpaired) electrons. The van der Waals surface area contributed by atoms with Gasteiger partial charge in [0.2, 0.25) is 0 Å². The van der Waals surface area contributed by atoms with E-state index >= 15 is 0 Å². The van der Waals surface area contributed by atoms with Crippen molar-refractivity contribution in [3.8, 4) is 0 Å². The van der Waals surface area contributed by atoms with Crippen LogP contribution < -0.4 is 16.4 Å². The Morgan fingerprint density at radius 1 is 1.42 bits per heavy atom. The number of rotatable bonds is 2. The van der Waals surface area contributed by atoms with Crippen LogP contribution in [0.1, 0.15) is 6.17 Å². The Labute approximate surface area is 71.7 Å². The van der Waals surface area contributed by atoms with Crippen LogP contribution >= 0.6 is 0 Å². The van der Waals surface area contributed by atoms with Gasteiger partial charge in [-0.05, 0) is 12.1 Å². The van der Waals surface area contributed by atoms with E-state index in [2.05, 4.69) is 10.6 Å². The summed E-state index contributed by atoms with van der Waals surface area (Å²) < 4.78 is 2.02. The van der Waals surface area contributed by atoms with E-state index in [0.29, 0.717) is 6.04 Å². The molecule has 1 aliphatic heterocycles. The molecule has 2 atom stereocenters. The maximum absolute atomic E-state index is 6.01. The van der Waals surface area contributed by atoms with Crippen LogP contribution in [-0.4, -0.2) is 23.8 Å². The van der Waals surface area contributed by atoms with Crippen LogP contribution in [0.25, 0.3) is 0 Å². The van der Waals surface area contributed by atoms with E-state index in [-0.39, 0.29) is 6.17 Å². The molecule has 1 fully saturated rings. The van der Waals surface area contributed by atoms with Gasteiger partial charge < -0.3 is 15.6 Å². The SMILES string of the molecule is N[C@@H](C1CNCN1)n1cccc1. The second kappa shape index (κ2) is 3.26. The van der Waals surface area contributed by atoms with Crippen LogP contribution in [0, 0.1) is 0 Å². The summed E-state index contributed by atoms with van der Waals surface area (Å²) in [6.45, 7) is 1.80. The first-order valence-corrected chi connectivity index (χ1v) is 4.20. The van der Waals surface area contributed by atoms with E-state index in [0.717, 1.165) is 13.2 Å². The van der Waals surface area contributed by atoms with E-state index < -0.39 is 0 Å². The Morgan fingerprint density at radius 2 is 2.17 bits per heavy atom. The summed E-state index contributed by atoms with van der Waals surface area (Å²) in [5.41, 5.74) is 6.01. The highest BCUT2D eigenvalue weighted by molar-refractivity contribution is 4.95. The zero-order chi connectivity index (χ0) is 8.39. The minimum absolute atomic E-state index is 0.0370. The van der Waals surface area contributed by atoms with Gasteiger partial charge in [0.25, 0.3) is 0 Å². The first kappa shape index (κ1) is 7.79. The van der Waals surface area contributed by atoms with Crippen LogP contribution in [-0.2, 0) is 0 Å². The standard InChI is InChI=1S/C8H14N4/c9-8(7-5-10-6-11-7)12-3-1-2-4-12/h1-4,7-8,10-11H,5-6,9H2/t7?,8-/m1/s1. The summed E-state index contributed by atoms with van der Waals surface area (Å²) in [5.74, 6) is 0. The lowest BCUT2D eigenvalue weighted by Crippen LogP contribution is -2.39. The third-order valence-corrected chi connectivity index (χ3v) is 2.24. The second-order valence-corrected chi connectivity index (χ2v) is 3.06. The van der Waals surface area contributed by atoms with Crippen LogP contribution in [0.15, 0.2) is 24.5 Å². The lowest BCUT2D eigenvalue weighted by molar-refractivity contribution is 0.406. The number of nitrogens with two attached hydrogens (primary N) is 1. The topological polar surface area (TPSA) is 55.0 Å². The van der Waals surface area contributed by atoms with Crippen molar-refractivity contribution in [3.05, 3.63) is 24.5 Å². The highest BCUT2D eigenvalue weighted by Crippen LogP contribution is 2.06. The Kier molecular flexibility index (Phi) is 2.12. The van der Waals surface area contributed by atoms with Crippen LogP contribution in [0.3, 0.4) is 0 Å². The monoisotopic (exact) mass is 166 g/mol. The van der Waals surface area contributed by atoms with E-state index in [1.165, 1.54) is 0 Å². The van der Waals surface area contributed by atoms with Gasteiger partial charge in [0, 0.05) is 25.6 Å². The molecule has 1 aliphatic rings. The van der Waals surface area contributed by atoms with Gasteiger partial charge in [-0.15, -0.1) is 0 Å². The second-order valence-electron chi connectivity index (χ2n) is 3.06. The summed E-state index contributed by atoms with van der Waals surface area (Å²) in [4.78, 5) is 0. The predicted molar refractivity (Wildman–Crippen MR) is 47.4 cm³/mol. The molecule has 0 bridgehead atoms. The predicted octanol–water partition coefficient (Wildman–Crippen LogP) is -0.536. The molecule has 4 heteroatoms. The molecule has 2 rings (SSSR count). The summed E-state index contributed by atoms with van der Waals surface area (Å²) in [6.07, 6.45) is 4.02. The van der Waals surface area contributed by atoms with Crippen LogP contribution in [0.5, 0.6) is 0 Å². The van der Waals surface area contributed by atoms with Crippen molar-refractivity contribution < 1.29 is 0 Å². The summed E-state index contributed by atoms with van der Waals surface area (Å²) >= 11 is 0. The average Bonchev–Trinajstić information content (AvgIpc) is 2.77. The molecule has 1 aromatic heterocycles. The van der Waals surface area contributed by atoms with Gasteiger partial charge in [0.05, 0.1) is 12.2 Å². The van der Waals surface area contributed by atoms with Gasteiger partial charge >= 0.3 is 0 Å². The molecule has 66 valence electrons. The van der Waals surface area contributed by atoms with Gasteiger partial charge in [0.1, 0.15) is 0 Å². The summed E-state index contributed by atoms with van der Waals surface area (Å²) in [6, 6.07) is 4.32. The minimum Gasteiger partial charge on any atom is -0.337 e. The molecule has 0 saturated carbocycles. The third-order valence-electron chi connectivity index (χ3n) is 2.24. The molecule has 1 unspecified atom stereocenters.